The molecule has 0 radical (unpaired) electrons. The summed E-state index contributed by atoms with van der Waals surface area (Å²) in [7, 11) is 0. The summed E-state index contributed by atoms with van der Waals surface area (Å²) in [6.07, 6.45) is 3.43. The third-order valence-corrected chi connectivity index (χ3v) is 3.37. The predicted octanol–water partition coefficient (Wildman–Crippen LogP) is 0.832. The van der Waals surface area contributed by atoms with E-state index in [0.717, 1.165) is 37.5 Å². The molecular weight excluding hydrogens is 248 g/mol. The second-order valence-electron chi connectivity index (χ2n) is 4.05. The molecule has 1 aromatic rings. The number of halogens is 1. The van der Waals surface area contributed by atoms with Gasteiger partial charge in [-0.05, 0) is 44.4 Å². The van der Waals surface area contributed by atoms with Crippen molar-refractivity contribution in [3.05, 3.63) is 11.1 Å². The average molecular weight is 263 g/mol. The SMILES string of the molecule is CC1(NC(=O)c2cnns2)CCNCC1.Cl. The van der Waals surface area contributed by atoms with Crippen molar-refractivity contribution in [1.82, 2.24) is 20.2 Å². The first-order valence-electron chi connectivity index (χ1n) is 5.00. The molecule has 0 aromatic carbocycles. The van der Waals surface area contributed by atoms with Gasteiger partial charge in [0.05, 0.1) is 6.20 Å². The molecule has 7 heteroatoms. The first-order chi connectivity index (χ1) is 7.20. The Kier molecular flexibility index (Phi) is 4.64. The summed E-state index contributed by atoms with van der Waals surface area (Å²) < 4.78 is 3.68. The highest BCUT2D eigenvalue weighted by Gasteiger charge is 2.29. The third-order valence-electron chi connectivity index (χ3n) is 2.71. The van der Waals surface area contributed by atoms with Crippen LogP contribution in [0.4, 0.5) is 0 Å². The summed E-state index contributed by atoms with van der Waals surface area (Å²) in [6.45, 7) is 4.00. The second-order valence-corrected chi connectivity index (χ2v) is 4.83. The lowest BCUT2D eigenvalue weighted by atomic mass is 9.90. The predicted molar refractivity (Wildman–Crippen MR) is 65.1 cm³/mol. The monoisotopic (exact) mass is 262 g/mol. The molecule has 1 fully saturated rings. The van der Waals surface area contributed by atoms with Gasteiger partial charge in [-0.1, -0.05) is 4.49 Å². The van der Waals surface area contributed by atoms with Gasteiger partial charge < -0.3 is 10.6 Å². The molecular formula is C9H15ClN4OS. The van der Waals surface area contributed by atoms with E-state index in [2.05, 4.69) is 27.1 Å². The molecule has 2 rings (SSSR count). The molecule has 1 aliphatic rings. The number of carbonyl (C=O) groups is 1. The summed E-state index contributed by atoms with van der Waals surface area (Å²) >= 11 is 1.13. The minimum Gasteiger partial charge on any atom is -0.346 e. The van der Waals surface area contributed by atoms with Crippen LogP contribution in [0.5, 0.6) is 0 Å². The van der Waals surface area contributed by atoms with Gasteiger partial charge in [0.1, 0.15) is 4.88 Å². The minimum absolute atomic E-state index is 0. The standard InChI is InChI=1S/C9H14N4OS.ClH/c1-9(2-4-10-5-3-9)12-8(14)7-6-11-13-15-7;/h6,10H,2-5H2,1H3,(H,12,14);1H. The van der Waals surface area contributed by atoms with Crippen LogP contribution in [0, 0.1) is 0 Å². The van der Waals surface area contributed by atoms with Gasteiger partial charge in [-0.3, -0.25) is 4.79 Å². The maximum absolute atomic E-state index is 11.8. The van der Waals surface area contributed by atoms with E-state index in [9.17, 15) is 4.79 Å². The number of hydrogen-bond acceptors (Lipinski definition) is 5. The Balaban J connectivity index is 0.00000128. The summed E-state index contributed by atoms with van der Waals surface area (Å²) in [5.41, 5.74) is -0.0909. The Hall–Kier alpha value is -0.720. The molecule has 0 spiro atoms. The molecule has 90 valence electrons. The van der Waals surface area contributed by atoms with E-state index in [0.29, 0.717) is 4.88 Å². The van der Waals surface area contributed by atoms with Crippen molar-refractivity contribution in [2.75, 3.05) is 13.1 Å². The molecule has 16 heavy (non-hydrogen) atoms. The summed E-state index contributed by atoms with van der Waals surface area (Å²) in [5, 5.41) is 9.98. The van der Waals surface area contributed by atoms with Crippen molar-refractivity contribution < 1.29 is 4.79 Å². The average Bonchev–Trinajstić information content (AvgIpc) is 2.70. The highest BCUT2D eigenvalue weighted by molar-refractivity contribution is 7.07. The van der Waals surface area contributed by atoms with Crippen LogP contribution >= 0.6 is 23.9 Å². The van der Waals surface area contributed by atoms with Gasteiger partial charge in [0.15, 0.2) is 0 Å². The van der Waals surface area contributed by atoms with Gasteiger partial charge in [-0.25, -0.2) is 0 Å². The second kappa shape index (κ2) is 5.56. The fourth-order valence-corrected chi connectivity index (χ4v) is 2.12. The van der Waals surface area contributed by atoms with Crippen molar-refractivity contribution in [1.29, 1.82) is 0 Å². The number of amides is 1. The molecule has 2 heterocycles. The molecule has 1 saturated heterocycles. The largest absolute Gasteiger partial charge is 0.346 e. The van der Waals surface area contributed by atoms with Crippen LogP contribution in [0.2, 0.25) is 0 Å². The number of hydrogen-bond donors (Lipinski definition) is 2. The van der Waals surface area contributed by atoms with Crippen LogP contribution in [0.25, 0.3) is 0 Å². The fraction of sp³-hybridized carbons (Fsp3) is 0.667. The highest BCUT2D eigenvalue weighted by Crippen LogP contribution is 2.18. The zero-order chi connectivity index (χ0) is 10.7. The molecule has 5 nitrogen and oxygen atoms in total. The molecule has 0 aliphatic carbocycles. The van der Waals surface area contributed by atoms with Gasteiger partial charge in [0, 0.05) is 5.54 Å². The molecule has 0 unspecified atom stereocenters. The summed E-state index contributed by atoms with van der Waals surface area (Å²) in [6, 6.07) is 0. The number of nitrogens with one attached hydrogen (secondary N) is 2. The lowest BCUT2D eigenvalue weighted by Gasteiger charge is -2.34. The van der Waals surface area contributed by atoms with Crippen molar-refractivity contribution in [3.63, 3.8) is 0 Å². The topological polar surface area (TPSA) is 66.9 Å². The van der Waals surface area contributed by atoms with Crippen LogP contribution in [-0.2, 0) is 0 Å². The maximum atomic E-state index is 11.8. The Labute approximate surface area is 105 Å². The molecule has 1 amide bonds. The van der Waals surface area contributed by atoms with E-state index in [1.165, 1.54) is 6.20 Å². The number of rotatable bonds is 2. The molecule has 0 atom stereocenters. The Morgan fingerprint density at radius 3 is 2.81 bits per heavy atom. The summed E-state index contributed by atoms with van der Waals surface area (Å²) in [4.78, 5) is 12.4. The van der Waals surface area contributed by atoms with Crippen LogP contribution in [-0.4, -0.2) is 34.1 Å². The Morgan fingerprint density at radius 2 is 2.25 bits per heavy atom. The smallest absolute Gasteiger partial charge is 0.265 e. The first kappa shape index (κ1) is 13.3. The normalized spacial score (nSPS) is 18.6. The van der Waals surface area contributed by atoms with Gasteiger partial charge in [0.2, 0.25) is 0 Å². The van der Waals surface area contributed by atoms with Gasteiger partial charge in [0.25, 0.3) is 5.91 Å². The fourth-order valence-electron chi connectivity index (χ4n) is 1.71. The Bertz CT molecular complexity index is 337. The van der Waals surface area contributed by atoms with Gasteiger partial charge >= 0.3 is 0 Å². The van der Waals surface area contributed by atoms with Crippen molar-refractivity contribution in [3.8, 4) is 0 Å². The number of piperidine rings is 1. The van der Waals surface area contributed by atoms with Crippen molar-refractivity contribution in [2.45, 2.75) is 25.3 Å². The maximum Gasteiger partial charge on any atom is 0.265 e. The zero-order valence-corrected chi connectivity index (χ0v) is 10.7. The van der Waals surface area contributed by atoms with Crippen LogP contribution in [0.3, 0.4) is 0 Å². The molecule has 0 saturated carbocycles. The minimum atomic E-state index is -0.0909. The number of aromatic nitrogens is 2. The lowest BCUT2D eigenvalue weighted by molar-refractivity contribution is 0.0891. The quantitative estimate of drug-likeness (QED) is 0.829. The summed E-state index contributed by atoms with van der Waals surface area (Å²) in [5.74, 6) is -0.0607. The van der Waals surface area contributed by atoms with Gasteiger partial charge in [-0.15, -0.1) is 17.5 Å². The van der Waals surface area contributed by atoms with Crippen LogP contribution in [0.15, 0.2) is 6.20 Å². The highest BCUT2D eigenvalue weighted by atomic mass is 35.5. The van der Waals surface area contributed by atoms with E-state index < -0.39 is 0 Å². The van der Waals surface area contributed by atoms with E-state index >= 15 is 0 Å². The first-order valence-corrected chi connectivity index (χ1v) is 5.78. The van der Waals surface area contributed by atoms with E-state index in [4.69, 9.17) is 0 Å². The van der Waals surface area contributed by atoms with E-state index in [1.54, 1.807) is 0 Å². The molecule has 0 bridgehead atoms. The van der Waals surface area contributed by atoms with E-state index in [1.807, 2.05) is 0 Å². The molecule has 1 aliphatic heterocycles. The van der Waals surface area contributed by atoms with Crippen molar-refractivity contribution >= 4 is 29.8 Å². The van der Waals surface area contributed by atoms with Crippen LogP contribution < -0.4 is 10.6 Å². The van der Waals surface area contributed by atoms with Crippen molar-refractivity contribution in [2.24, 2.45) is 0 Å². The molecule has 2 N–H and O–H groups in total. The third kappa shape index (κ3) is 3.13. The molecule has 1 aromatic heterocycles. The van der Waals surface area contributed by atoms with Gasteiger partial charge in [-0.2, -0.15) is 0 Å². The zero-order valence-electron chi connectivity index (χ0n) is 9.02. The lowest BCUT2D eigenvalue weighted by Crippen LogP contribution is -2.52. The number of nitrogens with zero attached hydrogens (tertiary/aromatic N) is 2. The number of carbonyl (C=O) groups excluding carboxylic acids is 1. The Morgan fingerprint density at radius 1 is 1.56 bits per heavy atom. The van der Waals surface area contributed by atoms with E-state index in [-0.39, 0.29) is 23.9 Å². The van der Waals surface area contributed by atoms with Crippen LogP contribution in [0.1, 0.15) is 29.4 Å².